The van der Waals surface area contributed by atoms with Gasteiger partial charge in [0.1, 0.15) is 11.4 Å². The smallest absolute Gasteiger partial charge is 0.244 e. The molecular weight excluding hydrogens is 433 g/mol. The number of likely N-dealkylation sites (N-methyl/N-ethyl adjacent to an activating group) is 1. The van der Waals surface area contributed by atoms with E-state index in [4.69, 9.17) is 5.73 Å². The minimum absolute atomic E-state index is 0. The van der Waals surface area contributed by atoms with Crippen molar-refractivity contribution in [2.75, 3.05) is 38.1 Å². The van der Waals surface area contributed by atoms with Crippen LogP contribution >= 0.6 is 37.2 Å². The van der Waals surface area contributed by atoms with E-state index in [0.717, 1.165) is 43.1 Å². The van der Waals surface area contributed by atoms with Gasteiger partial charge in [-0.15, -0.1) is 37.2 Å². The Morgan fingerprint density at radius 3 is 2.24 bits per heavy atom. The summed E-state index contributed by atoms with van der Waals surface area (Å²) in [7, 11) is 2.14. The number of hydrogen-bond donors (Lipinski definition) is 2. The fraction of sp³-hybridized carbons (Fsp3) is 0.400. The van der Waals surface area contributed by atoms with E-state index in [2.05, 4.69) is 27.1 Å². The number of rotatable bonds is 5. The van der Waals surface area contributed by atoms with E-state index in [0.29, 0.717) is 6.54 Å². The lowest BCUT2D eigenvalue weighted by atomic mass is 9.92. The van der Waals surface area contributed by atoms with Crippen LogP contribution in [0.15, 0.2) is 48.7 Å². The summed E-state index contributed by atoms with van der Waals surface area (Å²) in [4.78, 5) is 21.7. The first-order valence-corrected chi connectivity index (χ1v) is 8.98. The van der Waals surface area contributed by atoms with Gasteiger partial charge in [-0.3, -0.25) is 4.79 Å². The minimum atomic E-state index is -1.06. The van der Waals surface area contributed by atoms with Gasteiger partial charge in [-0.25, -0.2) is 4.98 Å². The van der Waals surface area contributed by atoms with Crippen LogP contribution in [0.1, 0.15) is 18.1 Å². The molecule has 1 fully saturated rings. The highest BCUT2D eigenvalue weighted by Gasteiger charge is 2.30. The number of amides is 1. The Bertz CT molecular complexity index is 736. The number of halogens is 3. The number of aromatic nitrogens is 1. The van der Waals surface area contributed by atoms with E-state index >= 15 is 0 Å². The lowest BCUT2D eigenvalue weighted by molar-refractivity contribution is -0.126. The van der Waals surface area contributed by atoms with Gasteiger partial charge in [0, 0.05) is 38.9 Å². The molecule has 2 aromatic rings. The molecule has 1 amide bonds. The third-order valence-electron chi connectivity index (χ3n) is 4.93. The zero-order chi connectivity index (χ0) is 18.6. The van der Waals surface area contributed by atoms with Crippen molar-refractivity contribution in [3.05, 3.63) is 59.8 Å². The third-order valence-corrected chi connectivity index (χ3v) is 4.93. The average molecular weight is 463 g/mol. The molecule has 0 radical (unpaired) electrons. The van der Waals surface area contributed by atoms with Crippen molar-refractivity contribution in [1.82, 2.24) is 15.2 Å². The SMILES string of the molecule is CN1CCN(c2ccc(CNC(=O)C(C)(N)c3ccccc3)cn2)CC1.Cl.Cl.Cl. The Morgan fingerprint density at radius 1 is 1.07 bits per heavy atom. The van der Waals surface area contributed by atoms with Crippen LogP contribution in [-0.4, -0.2) is 49.0 Å². The van der Waals surface area contributed by atoms with Crippen molar-refractivity contribution >= 4 is 48.9 Å². The number of nitrogens with two attached hydrogens (primary N) is 1. The predicted octanol–water partition coefficient (Wildman–Crippen LogP) is 2.59. The zero-order valence-electron chi connectivity index (χ0n) is 16.7. The van der Waals surface area contributed by atoms with Gasteiger partial charge in [0.15, 0.2) is 0 Å². The van der Waals surface area contributed by atoms with Crippen molar-refractivity contribution in [1.29, 1.82) is 0 Å². The molecule has 0 bridgehead atoms. The molecule has 1 aromatic carbocycles. The maximum atomic E-state index is 12.5. The Hall–Kier alpha value is -1.57. The van der Waals surface area contributed by atoms with E-state index in [-0.39, 0.29) is 43.1 Å². The van der Waals surface area contributed by atoms with Gasteiger partial charge >= 0.3 is 0 Å². The van der Waals surface area contributed by atoms with E-state index < -0.39 is 5.54 Å². The number of anilines is 1. The normalized spacial score (nSPS) is 15.8. The van der Waals surface area contributed by atoms with Crippen LogP contribution < -0.4 is 16.0 Å². The van der Waals surface area contributed by atoms with Crippen LogP contribution in [0.3, 0.4) is 0 Å². The van der Waals surface area contributed by atoms with Crippen LogP contribution in [0, 0.1) is 0 Å². The number of benzene rings is 1. The van der Waals surface area contributed by atoms with Crippen LogP contribution in [0.4, 0.5) is 5.82 Å². The first kappa shape index (κ1) is 27.4. The van der Waals surface area contributed by atoms with Crippen LogP contribution in [0.2, 0.25) is 0 Å². The highest BCUT2D eigenvalue weighted by molar-refractivity contribution is 5.87. The minimum Gasteiger partial charge on any atom is -0.354 e. The van der Waals surface area contributed by atoms with Gasteiger partial charge in [-0.05, 0) is 31.2 Å². The molecule has 3 N–H and O–H groups in total. The largest absolute Gasteiger partial charge is 0.354 e. The second kappa shape index (κ2) is 12.2. The van der Waals surface area contributed by atoms with E-state index in [1.165, 1.54) is 0 Å². The number of carbonyl (C=O) groups is 1. The monoisotopic (exact) mass is 461 g/mol. The lowest BCUT2D eigenvalue weighted by Crippen LogP contribution is -2.48. The summed E-state index contributed by atoms with van der Waals surface area (Å²) in [5, 5.41) is 2.92. The van der Waals surface area contributed by atoms with Crippen molar-refractivity contribution < 1.29 is 4.79 Å². The zero-order valence-corrected chi connectivity index (χ0v) is 19.2. The summed E-state index contributed by atoms with van der Waals surface area (Å²) in [5.41, 5.74) is 6.93. The van der Waals surface area contributed by atoms with Crippen molar-refractivity contribution in [3.63, 3.8) is 0 Å². The molecule has 1 saturated heterocycles. The molecule has 0 saturated carbocycles. The molecule has 1 aliphatic rings. The Kier molecular flexibility index (Phi) is 11.5. The number of nitrogens with one attached hydrogen (secondary N) is 1. The van der Waals surface area contributed by atoms with Crippen LogP contribution in [0.5, 0.6) is 0 Å². The highest BCUT2D eigenvalue weighted by Crippen LogP contribution is 2.18. The topological polar surface area (TPSA) is 74.5 Å². The quantitative estimate of drug-likeness (QED) is 0.714. The predicted molar refractivity (Wildman–Crippen MR) is 126 cm³/mol. The van der Waals surface area contributed by atoms with E-state index in [1.54, 1.807) is 6.92 Å². The summed E-state index contributed by atoms with van der Waals surface area (Å²) in [6, 6.07) is 13.4. The maximum absolute atomic E-state index is 12.5. The molecule has 0 spiro atoms. The number of nitrogens with zero attached hydrogens (tertiary/aromatic N) is 3. The fourth-order valence-electron chi connectivity index (χ4n) is 3.03. The maximum Gasteiger partial charge on any atom is 0.244 e. The van der Waals surface area contributed by atoms with Gasteiger partial charge in [-0.1, -0.05) is 36.4 Å². The molecule has 1 unspecified atom stereocenters. The number of pyridine rings is 1. The van der Waals surface area contributed by atoms with Crippen LogP contribution in [0.25, 0.3) is 0 Å². The molecule has 1 atom stereocenters. The third kappa shape index (κ3) is 7.01. The van der Waals surface area contributed by atoms with Gasteiger partial charge in [0.2, 0.25) is 5.91 Å². The fourth-order valence-corrected chi connectivity index (χ4v) is 3.03. The molecule has 3 rings (SSSR count). The summed E-state index contributed by atoms with van der Waals surface area (Å²) in [6.45, 7) is 6.22. The second-order valence-corrected chi connectivity index (χ2v) is 7.07. The van der Waals surface area contributed by atoms with Crippen molar-refractivity contribution in [2.24, 2.45) is 5.73 Å². The molecule has 1 aliphatic heterocycles. The molecule has 29 heavy (non-hydrogen) atoms. The molecule has 9 heteroatoms. The van der Waals surface area contributed by atoms with Crippen molar-refractivity contribution in [2.45, 2.75) is 19.0 Å². The Balaban J connectivity index is 0.00000261. The molecule has 6 nitrogen and oxygen atoms in total. The Morgan fingerprint density at radius 2 is 1.69 bits per heavy atom. The average Bonchev–Trinajstić information content (AvgIpc) is 2.68. The lowest BCUT2D eigenvalue weighted by Gasteiger charge is -2.33. The van der Waals surface area contributed by atoms with Gasteiger partial charge in [-0.2, -0.15) is 0 Å². The number of carbonyl (C=O) groups excluding carboxylic acids is 1. The van der Waals surface area contributed by atoms with E-state index in [1.807, 2.05) is 48.7 Å². The Labute approximate surface area is 191 Å². The van der Waals surface area contributed by atoms with Gasteiger partial charge in [0.25, 0.3) is 0 Å². The first-order chi connectivity index (χ1) is 12.5. The van der Waals surface area contributed by atoms with E-state index in [9.17, 15) is 4.79 Å². The summed E-state index contributed by atoms with van der Waals surface area (Å²) >= 11 is 0. The molecular formula is C20H30Cl3N5O. The molecule has 162 valence electrons. The summed E-state index contributed by atoms with van der Waals surface area (Å²) in [6.07, 6.45) is 1.82. The molecule has 0 aliphatic carbocycles. The number of piperazine rings is 1. The summed E-state index contributed by atoms with van der Waals surface area (Å²) < 4.78 is 0. The molecule has 1 aromatic heterocycles. The van der Waals surface area contributed by atoms with Gasteiger partial charge in [0.05, 0.1) is 0 Å². The molecule has 2 heterocycles. The highest BCUT2D eigenvalue weighted by atomic mass is 35.5. The standard InChI is InChI=1S/C20H27N5O.3ClH/c1-20(21,17-6-4-3-5-7-17)19(26)23-15-16-8-9-18(22-14-16)25-12-10-24(2)11-13-25;;;/h3-9,14H,10-13,15,21H2,1-2H3,(H,23,26);3*1H. The van der Waals surface area contributed by atoms with Crippen LogP contribution in [-0.2, 0) is 16.9 Å². The second-order valence-electron chi connectivity index (χ2n) is 7.07. The van der Waals surface area contributed by atoms with Crippen molar-refractivity contribution in [3.8, 4) is 0 Å². The number of hydrogen-bond acceptors (Lipinski definition) is 5. The first-order valence-electron chi connectivity index (χ1n) is 8.98. The summed E-state index contributed by atoms with van der Waals surface area (Å²) in [5.74, 6) is 0.785. The van der Waals surface area contributed by atoms with Gasteiger partial charge < -0.3 is 20.9 Å².